The summed E-state index contributed by atoms with van der Waals surface area (Å²) in [5.41, 5.74) is 8.71. The number of hydrogen-bond acceptors (Lipinski definition) is 4. The smallest absolute Gasteiger partial charge is 0.165 e. The summed E-state index contributed by atoms with van der Waals surface area (Å²) in [4.78, 5) is 12.6. The van der Waals surface area contributed by atoms with Crippen molar-refractivity contribution in [1.82, 2.24) is 19.5 Å². The highest BCUT2D eigenvalue weighted by Gasteiger charge is 2.40. The number of hydrogen-bond donors (Lipinski definition) is 1. The number of benzene rings is 1. The number of anilines is 1. The maximum Gasteiger partial charge on any atom is 0.165 e. The molecule has 1 fully saturated rings. The molecule has 4 rings (SSSR count). The molecule has 0 unspecified atom stereocenters. The van der Waals surface area contributed by atoms with Crippen molar-refractivity contribution in [3.63, 3.8) is 0 Å². The molecule has 1 saturated carbocycles. The molecule has 1 aliphatic carbocycles. The zero-order chi connectivity index (χ0) is 12.8. The fourth-order valence-electron chi connectivity index (χ4n) is 2.66. The van der Waals surface area contributed by atoms with E-state index in [-0.39, 0.29) is 0 Å². The van der Waals surface area contributed by atoms with Gasteiger partial charge in [0.2, 0.25) is 0 Å². The summed E-state index contributed by atoms with van der Waals surface area (Å²) >= 11 is 0. The Hall–Kier alpha value is -2.43. The Labute approximate surface area is 110 Å². The van der Waals surface area contributed by atoms with Gasteiger partial charge in [-0.05, 0) is 12.0 Å². The van der Waals surface area contributed by atoms with E-state index in [0.29, 0.717) is 23.3 Å². The maximum atomic E-state index is 5.81. The standard InChI is InChI=1S/C14H13N5/c15-13-12-14(17-7-16-13)19(8-18-12)11-6-10(11)9-4-2-1-3-5-9/h1-5,7-8,10-11H,6H2,(H2,15,16,17)/t10-,11+/m0/s1. The van der Waals surface area contributed by atoms with Crippen molar-refractivity contribution >= 4 is 17.0 Å². The van der Waals surface area contributed by atoms with E-state index in [0.717, 1.165) is 12.1 Å². The number of nitrogens with zero attached hydrogens (tertiary/aromatic N) is 4. The molecule has 19 heavy (non-hydrogen) atoms. The van der Waals surface area contributed by atoms with Crippen LogP contribution in [0.4, 0.5) is 5.82 Å². The van der Waals surface area contributed by atoms with Crippen LogP contribution in [0.25, 0.3) is 11.2 Å². The molecular formula is C14H13N5. The van der Waals surface area contributed by atoms with Crippen LogP contribution in [-0.2, 0) is 0 Å². The van der Waals surface area contributed by atoms with Crippen molar-refractivity contribution in [1.29, 1.82) is 0 Å². The lowest BCUT2D eigenvalue weighted by atomic mass is 10.1. The molecule has 0 aliphatic heterocycles. The number of nitrogen functional groups attached to an aromatic ring is 1. The van der Waals surface area contributed by atoms with Gasteiger partial charge in [-0.1, -0.05) is 30.3 Å². The Morgan fingerprint density at radius 3 is 2.79 bits per heavy atom. The van der Waals surface area contributed by atoms with E-state index in [1.54, 1.807) is 0 Å². The molecule has 0 amide bonds. The van der Waals surface area contributed by atoms with Crippen LogP contribution in [0.15, 0.2) is 43.0 Å². The van der Waals surface area contributed by atoms with Crippen LogP contribution in [0.1, 0.15) is 23.9 Å². The van der Waals surface area contributed by atoms with E-state index in [1.807, 2.05) is 12.4 Å². The molecule has 3 aromatic rings. The number of imidazole rings is 1. The first-order chi connectivity index (χ1) is 9.34. The summed E-state index contributed by atoms with van der Waals surface area (Å²) in [6, 6.07) is 11.0. The summed E-state index contributed by atoms with van der Waals surface area (Å²) in [5.74, 6) is 0.996. The predicted octanol–water partition coefficient (Wildman–Crippen LogP) is 2.14. The van der Waals surface area contributed by atoms with E-state index >= 15 is 0 Å². The Bertz CT molecular complexity index is 734. The third-order valence-corrected chi connectivity index (χ3v) is 3.73. The average Bonchev–Trinajstić information content (AvgIpc) is 3.12. The van der Waals surface area contributed by atoms with Gasteiger partial charge in [0, 0.05) is 12.0 Å². The highest BCUT2D eigenvalue weighted by atomic mass is 15.2. The molecule has 94 valence electrons. The zero-order valence-corrected chi connectivity index (χ0v) is 10.3. The summed E-state index contributed by atoms with van der Waals surface area (Å²) in [6.07, 6.45) is 4.44. The van der Waals surface area contributed by atoms with E-state index < -0.39 is 0 Å². The van der Waals surface area contributed by atoms with Crippen molar-refractivity contribution in [3.8, 4) is 0 Å². The zero-order valence-electron chi connectivity index (χ0n) is 10.3. The molecule has 1 aliphatic rings. The van der Waals surface area contributed by atoms with Crippen LogP contribution in [0.3, 0.4) is 0 Å². The van der Waals surface area contributed by atoms with Crippen LogP contribution < -0.4 is 5.73 Å². The lowest BCUT2D eigenvalue weighted by Gasteiger charge is -2.03. The van der Waals surface area contributed by atoms with Gasteiger partial charge in [0.15, 0.2) is 11.5 Å². The fourth-order valence-corrected chi connectivity index (χ4v) is 2.66. The molecule has 2 N–H and O–H groups in total. The third kappa shape index (κ3) is 1.58. The van der Waals surface area contributed by atoms with Crippen molar-refractivity contribution in [2.75, 3.05) is 5.73 Å². The predicted molar refractivity (Wildman–Crippen MR) is 72.6 cm³/mol. The Morgan fingerprint density at radius 1 is 1.11 bits per heavy atom. The first-order valence-electron chi connectivity index (χ1n) is 6.32. The first kappa shape index (κ1) is 10.5. The van der Waals surface area contributed by atoms with Crippen molar-refractivity contribution in [2.45, 2.75) is 18.4 Å². The lowest BCUT2D eigenvalue weighted by molar-refractivity contribution is 0.731. The Balaban J connectivity index is 1.72. The lowest BCUT2D eigenvalue weighted by Crippen LogP contribution is -1.98. The van der Waals surface area contributed by atoms with Gasteiger partial charge in [0.1, 0.15) is 11.8 Å². The Morgan fingerprint density at radius 2 is 1.95 bits per heavy atom. The van der Waals surface area contributed by atoms with Gasteiger partial charge >= 0.3 is 0 Å². The summed E-state index contributed by atoms with van der Waals surface area (Å²) < 4.78 is 2.12. The topological polar surface area (TPSA) is 69.6 Å². The number of aromatic nitrogens is 4. The molecule has 0 spiro atoms. The summed E-state index contributed by atoms with van der Waals surface area (Å²) in [6.45, 7) is 0. The fraction of sp³-hybridized carbons (Fsp3) is 0.214. The van der Waals surface area contributed by atoms with Crippen LogP contribution >= 0.6 is 0 Å². The summed E-state index contributed by atoms with van der Waals surface area (Å²) in [7, 11) is 0. The van der Waals surface area contributed by atoms with E-state index in [9.17, 15) is 0 Å². The van der Waals surface area contributed by atoms with Crippen LogP contribution in [0.2, 0.25) is 0 Å². The molecule has 2 atom stereocenters. The second-order valence-electron chi connectivity index (χ2n) is 4.90. The molecular weight excluding hydrogens is 238 g/mol. The van der Waals surface area contributed by atoms with Crippen molar-refractivity contribution in [3.05, 3.63) is 48.5 Å². The second-order valence-corrected chi connectivity index (χ2v) is 4.90. The van der Waals surface area contributed by atoms with Crippen molar-refractivity contribution < 1.29 is 0 Å². The van der Waals surface area contributed by atoms with Crippen molar-refractivity contribution in [2.24, 2.45) is 0 Å². The quantitative estimate of drug-likeness (QED) is 0.757. The molecule has 2 heterocycles. The average molecular weight is 251 g/mol. The SMILES string of the molecule is Nc1ncnc2c1ncn2[C@@H]1C[C@H]1c1ccccc1. The van der Waals surface area contributed by atoms with Gasteiger partial charge in [-0.25, -0.2) is 15.0 Å². The largest absolute Gasteiger partial charge is 0.382 e. The van der Waals surface area contributed by atoms with Crippen LogP contribution in [0, 0.1) is 0 Å². The second kappa shape index (κ2) is 3.78. The molecule has 2 aromatic heterocycles. The minimum Gasteiger partial charge on any atom is -0.382 e. The monoisotopic (exact) mass is 251 g/mol. The van der Waals surface area contributed by atoms with Crippen LogP contribution in [0.5, 0.6) is 0 Å². The third-order valence-electron chi connectivity index (χ3n) is 3.73. The van der Waals surface area contributed by atoms with Gasteiger partial charge in [0.25, 0.3) is 0 Å². The number of rotatable bonds is 2. The molecule has 5 heteroatoms. The van der Waals surface area contributed by atoms with E-state index in [2.05, 4.69) is 43.8 Å². The maximum absolute atomic E-state index is 5.81. The van der Waals surface area contributed by atoms with E-state index in [4.69, 9.17) is 5.73 Å². The minimum atomic E-state index is 0.432. The first-order valence-corrected chi connectivity index (χ1v) is 6.32. The van der Waals surface area contributed by atoms with Gasteiger partial charge in [-0.15, -0.1) is 0 Å². The summed E-state index contributed by atoms with van der Waals surface area (Å²) in [5, 5.41) is 0. The number of nitrogens with two attached hydrogens (primary N) is 1. The molecule has 5 nitrogen and oxygen atoms in total. The normalized spacial score (nSPS) is 21.7. The number of fused-ring (bicyclic) bond motifs is 1. The van der Waals surface area contributed by atoms with E-state index in [1.165, 1.54) is 11.9 Å². The van der Waals surface area contributed by atoms with Gasteiger partial charge in [0.05, 0.1) is 6.33 Å². The van der Waals surface area contributed by atoms with Gasteiger partial charge in [-0.2, -0.15) is 0 Å². The highest BCUT2D eigenvalue weighted by molar-refractivity contribution is 5.81. The molecule has 0 bridgehead atoms. The minimum absolute atomic E-state index is 0.432. The molecule has 0 saturated heterocycles. The molecule has 0 radical (unpaired) electrons. The molecule has 1 aromatic carbocycles. The Kier molecular flexibility index (Phi) is 2.09. The van der Waals surface area contributed by atoms with Crippen LogP contribution in [-0.4, -0.2) is 19.5 Å². The highest BCUT2D eigenvalue weighted by Crippen LogP contribution is 2.52. The van der Waals surface area contributed by atoms with Gasteiger partial charge < -0.3 is 10.3 Å². The van der Waals surface area contributed by atoms with Gasteiger partial charge in [-0.3, -0.25) is 0 Å².